The summed E-state index contributed by atoms with van der Waals surface area (Å²) in [6.45, 7) is 4.39. The number of hydrogen-bond donors (Lipinski definition) is 2. The van der Waals surface area contributed by atoms with Gasteiger partial charge in [-0.15, -0.1) is 0 Å². The van der Waals surface area contributed by atoms with Gasteiger partial charge in [0.05, 0.1) is 12.4 Å². The summed E-state index contributed by atoms with van der Waals surface area (Å²) < 4.78 is 0. The van der Waals surface area contributed by atoms with E-state index in [9.17, 15) is 4.79 Å². The highest BCUT2D eigenvalue weighted by Crippen LogP contribution is 2.22. The van der Waals surface area contributed by atoms with Gasteiger partial charge in [0.15, 0.2) is 0 Å². The summed E-state index contributed by atoms with van der Waals surface area (Å²) in [5.41, 5.74) is 4.34. The van der Waals surface area contributed by atoms with Crippen molar-refractivity contribution in [2.75, 3.05) is 5.32 Å². The SMILES string of the molecule is Cc1cccc(C)c1Nc1cnc(C(=O)NCc2ccccc2Cl)cn1. The highest BCUT2D eigenvalue weighted by molar-refractivity contribution is 6.31. The highest BCUT2D eigenvalue weighted by atomic mass is 35.5. The molecule has 0 unspecified atom stereocenters. The molecule has 1 aromatic heterocycles. The van der Waals surface area contributed by atoms with Crippen molar-refractivity contribution in [1.29, 1.82) is 0 Å². The van der Waals surface area contributed by atoms with Gasteiger partial charge in [-0.3, -0.25) is 4.79 Å². The average Bonchev–Trinajstić information content (AvgIpc) is 2.64. The molecule has 1 amide bonds. The van der Waals surface area contributed by atoms with E-state index in [1.165, 1.54) is 6.20 Å². The lowest BCUT2D eigenvalue weighted by molar-refractivity contribution is 0.0945. The van der Waals surface area contributed by atoms with Gasteiger partial charge in [0.1, 0.15) is 11.5 Å². The van der Waals surface area contributed by atoms with Crippen LogP contribution in [0, 0.1) is 13.8 Å². The Morgan fingerprint density at radius 3 is 2.38 bits per heavy atom. The summed E-state index contributed by atoms with van der Waals surface area (Å²) in [5.74, 6) is 0.293. The molecule has 0 radical (unpaired) electrons. The van der Waals surface area contributed by atoms with Crippen molar-refractivity contribution in [2.45, 2.75) is 20.4 Å². The van der Waals surface area contributed by atoms with E-state index in [-0.39, 0.29) is 11.6 Å². The molecule has 0 fully saturated rings. The van der Waals surface area contributed by atoms with Gasteiger partial charge in [-0.2, -0.15) is 0 Å². The second-order valence-electron chi connectivity index (χ2n) is 5.95. The molecule has 3 rings (SSSR count). The fourth-order valence-electron chi connectivity index (χ4n) is 2.56. The van der Waals surface area contributed by atoms with E-state index in [2.05, 4.69) is 20.6 Å². The van der Waals surface area contributed by atoms with Gasteiger partial charge in [-0.25, -0.2) is 9.97 Å². The minimum absolute atomic E-state index is 0.254. The van der Waals surface area contributed by atoms with Crippen molar-refractivity contribution < 1.29 is 4.79 Å². The molecule has 1 heterocycles. The first-order chi connectivity index (χ1) is 12.5. The van der Waals surface area contributed by atoms with Gasteiger partial charge in [0.2, 0.25) is 0 Å². The van der Waals surface area contributed by atoms with Gasteiger partial charge >= 0.3 is 0 Å². The zero-order chi connectivity index (χ0) is 18.5. The Morgan fingerprint density at radius 2 is 1.73 bits per heavy atom. The van der Waals surface area contributed by atoms with E-state index in [0.717, 1.165) is 22.4 Å². The average molecular weight is 367 g/mol. The van der Waals surface area contributed by atoms with E-state index in [4.69, 9.17) is 11.6 Å². The molecule has 6 heteroatoms. The van der Waals surface area contributed by atoms with Crippen molar-refractivity contribution in [3.05, 3.63) is 82.3 Å². The first-order valence-electron chi connectivity index (χ1n) is 8.21. The van der Waals surface area contributed by atoms with Crippen LogP contribution in [0.15, 0.2) is 54.9 Å². The molecule has 0 saturated carbocycles. The smallest absolute Gasteiger partial charge is 0.271 e. The number of nitrogens with one attached hydrogen (secondary N) is 2. The maximum Gasteiger partial charge on any atom is 0.271 e. The standard InChI is InChI=1S/C20H19ClN4O/c1-13-6-5-7-14(2)19(13)25-18-12-22-17(11-23-18)20(26)24-10-15-8-3-4-9-16(15)21/h3-9,11-12H,10H2,1-2H3,(H,23,25)(H,24,26). The van der Waals surface area contributed by atoms with Crippen LogP contribution in [-0.2, 0) is 6.54 Å². The number of nitrogens with zero attached hydrogens (tertiary/aromatic N) is 2. The summed E-state index contributed by atoms with van der Waals surface area (Å²) in [6.07, 6.45) is 3.01. The Hall–Kier alpha value is -2.92. The zero-order valence-electron chi connectivity index (χ0n) is 14.6. The third-order valence-electron chi connectivity index (χ3n) is 4.02. The third kappa shape index (κ3) is 4.18. The molecular formula is C20H19ClN4O. The number of anilines is 2. The Bertz CT molecular complexity index is 905. The van der Waals surface area contributed by atoms with Crippen LogP contribution in [0.4, 0.5) is 11.5 Å². The number of hydrogen-bond acceptors (Lipinski definition) is 4. The number of aromatic nitrogens is 2. The van der Waals surface area contributed by atoms with E-state index in [0.29, 0.717) is 17.4 Å². The van der Waals surface area contributed by atoms with Gasteiger partial charge in [-0.05, 0) is 36.6 Å². The van der Waals surface area contributed by atoms with Crippen LogP contribution in [0.2, 0.25) is 5.02 Å². The number of carbonyl (C=O) groups excluding carboxylic acids is 1. The van der Waals surface area contributed by atoms with E-state index in [1.807, 2.05) is 50.2 Å². The topological polar surface area (TPSA) is 66.9 Å². The minimum atomic E-state index is -0.295. The fraction of sp³-hybridized carbons (Fsp3) is 0.150. The van der Waals surface area contributed by atoms with Gasteiger partial charge in [0.25, 0.3) is 5.91 Å². The van der Waals surface area contributed by atoms with Crippen LogP contribution in [0.5, 0.6) is 0 Å². The van der Waals surface area contributed by atoms with Crippen LogP contribution < -0.4 is 10.6 Å². The number of rotatable bonds is 5. The van der Waals surface area contributed by atoms with Crippen LogP contribution in [0.25, 0.3) is 0 Å². The fourth-order valence-corrected chi connectivity index (χ4v) is 2.76. The Labute approximate surface area is 157 Å². The summed E-state index contributed by atoms with van der Waals surface area (Å²) in [5, 5.41) is 6.66. The van der Waals surface area contributed by atoms with Gasteiger partial charge in [0, 0.05) is 17.3 Å². The number of benzene rings is 2. The molecule has 2 N–H and O–H groups in total. The second-order valence-corrected chi connectivity index (χ2v) is 6.36. The summed E-state index contributed by atoms with van der Waals surface area (Å²) in [7, 11) is 0. The molecule has 0 aliphatic rings. The Kier molecular flexibility index (Phi) is 5.49. The molecular weight excluding hydrogens is 348 g/mol. The molecule has 0 aliphatic heterocycles. The van der Waals surface area contributed by atoms with Crippen LogP contribution in [0.1, 0.15) is 27.2 Å². The van der Waals surface area contributed by atoms with Crippen molar-refractivity contribution >= 4 is 29.0 Å². The van der Waals surface area contributed by atoms with Crippen molar-refractivity contribution in [1.82, 2.24) is 15.3 Å². The van der Waals surface area contributed by atoms with E-state index in [1.54, 1.807) is 12.3 Å². The predicted molar refractivity (Wildman–Crippen MR) is 104 cm³/mol. The van der Waals surface area contributed by atoms with Gasteiger partial charge < -0.3 is 10.6 Å². The van der Waals surface area contributed by atoms with Crippen molar-refractivity contribution in [2.24, 2.45) is 0 Å². The monoisotopic (exact) mass is 366 g/mol. The first-order valence-corrected chi connectivity index (χ1v) is 8.59. The third-order valence-corrected chi connectivity index (χ3v) is 4.38. The van der Waals surface area contributed by atoms with Crippen LogP contribution in [-0.4, -0.2) is 15.9 Å². The minimum Gasteiger partial charge on any atom is -0.347 e. The van der Waals surface area contributed by atoms with Crippen molar-refractivity contribution in [3.63, 3.8) is 0 Å². The van der Waals surface area contributed by atoms with Crippen LogP contribution in [0.3, 0.4) is 0 Å². The maximum atomic E-state index is 12.2. The zero-order valence-corrected chi connectivity index (χ0v) is 15.3. The largest absolute Gasteiger partial charge is 0.347 e. The predicted octanol–water partition coefficient (Wildman–Crippen LogP) is 4.42. The Morgan fingerprint density at radius 1 is 1.00 bits per heavy atom. The number of halogens is 1. The Balaban J connectivity index is 1.65. The lowest BCUT2D eigenvalue weighted by atomic mass is 10.1. The van der Waals surface area contributed by atoms with E-state index >= 15 is 0 Å². The molecule has 132 valence electrons. The molecule has 0 saturated heterocycles. The first kappa shape index (κ1) is 17.9. The summed E-state index contributed by atoms with van der Waals surface area (Å²) in [6, 6.07) is 13.4. The molecule has 5 nitrogen and oxygen atoms in total. The molecule has 2 aromatic carbocycles. The molecule has 3 aromatic rings. The van der Waals surface area contributed by atoms with Crippen molar-refractivity contribution in [3.8, 4) is 0 Å². The quantitative estimate of drug-likeness (QED) is 0.701. The van der Waals surface area contributed by atoms with Gasteiger partial charge in [-0.1, -0.05) is 48.0 Å². The van der Waals surface area contributed by atoms with Crippen LogP contribution >= 0.6 is 11.6 Å². The highest BCUT2D eigenvalue weighted by Gasteiger charge is 2.10. The number of aryl methyl sites for hydroxylation is 2. The number of carbonyl (C=O) groups is 1. The lowest BCUT2D eigenvalue weighted by Crippen LogP contribution is -2.24. The molecule has 0 spiro atoms. The summed E-state index contributed by atoms with van der Waals surface area (Å²) >= 11 is 6.09. The molecule has 26 heavy (non-hydrogen) atoms. The molecule has 0 atom stereocenters. The molecule has 0 aliphatic carbocycles. The second kappa shape index (κ2) is 7.97. The summed E-state index contributed by atoms with van der Waals surface area (Å²) in [4.78, 5) is 20.7. The number of para-hydroxylation sites is 1. The molecule has 0 bridgehead atoms. The maximum absolute atomic E-state index is 12.2. The van der Waals surface area contributed by atoms with E-state index < -0.39 is 0 Å². The lowest BCUT2D eigenvalue weighted by Gasteiger charge is -2.12. The number of amides is 1. The normalized spacial score (nSPS) is 10.4.